The van der Waals surface area contributed by atoms with E-state index in [1.807, 2.05) is 0 Å². The van der Waals surface area contributed by atoms with Gasteiger partial charge < -0.3 is 15.4 Å². The lowest BCUT2D eigenvalue weighted by molar-refractivity contribution is -0.148. The summed E-state index contributed by atoms with van der Waals surface area (Å²) in [7, 11) is 0. The second-order valence-electron chi connectivity index (χ2n) is 10.4. The van der Waals surface area contributed by atoms with Crippen LogP contribution in [0.2, 0.25) is 0 Å². The summed E-state index contributed by atoms with van der Waals surface area (Å²) < 4.78 is 5.25. The Morgan fingerprint density at radius 2 is 2.03 bits per heavy atom. The number of hydrogen-bond acceptors (Lipinski definition) is 6. The fraction of sp³-hybridized carbons (Fsp3) is 0.696. The molecule has 0 aromatic carbocycles. The maximum absolute atomic E-state index is 12.4. The second kappa shape index (κ2) is 7.65. The van der Waals surface area contributed by atoms with E-state index >= 15 is 0 Å². The first-order valence-electron chi connectivity index (χ1n) is 10.9. The molecule has 2 bridgehead atoms. The van der Waals surface area contributed by atoms with Gasteiger partial charge in [0, 0.05) is 22.4 Å². The van der Waals surface area contributed by atoms with Gasteiger partial charge in [0.05, 0.1) is 5.56 Å². The molecule has 2 heterocycles. The molecule has 4 rings (SSSR count). The third-order valence-electron chi connectivity index (χ3n) is 6.89. The van der Waals surface area contributed by atoms with E-state index < -0.39 is 5.91 Å². The lowest BCUT2D eigenvalue weighted by Crippen LogP contribution is -2.54. The molecule has 0 spiro atoms. The first kappa shape index (κ1) is 21.3. The SMILES string of the molecule is CC1(C)Cc2c(sc(NC(=O)COC(=O)C[C@@H]3C[C@@H]4CC[C@@H]3C4)c2C#N)C(C)(C)N1. The van der Waals surface area contributed by atoms with Crippen molar-refractivity contribution in [3.8, 4) is 6.07 Å². The Morgan fingerprint density at radius 3 is 2.67 bits per heavy atom. The van der Waals surface area contributed by atoms with Crippen molar-refractivity contribution >= 4 is 28.2 Å². The largest absolute Gasteiger partial charge is 0.456 e. The standard InChI is InChI=1S/C23H31N3O3S/c1-22(2)10-16-17(11-24)21(30-20(16)23(3,4)26-22)25-18(27)12-29-19(28)9-15-8-13-5-6-14(15)7-13/h13-15,26H,5-10,12H2,1-4H3,(H,25,27)/t13-,14-,15+/m1/s1. The number of hydrogen-bond donors (Lipinski definition) is 2. The Bertz CT molecular complexity index is 912. The van der Waals surface area contributed by atoms with Gasteiger partial charge in [0.1, 0.15) is 11.1 Å². The van der Waals surface area contributed by atoms with Gasteiger partial charge in [0.25, 0.3) is 5.91 Å². The number of nitriles is 1. The third kappa shape index (κ3) is 4.13. The van der Waals surface area contributed by atoms with E-state index in [-0.39, 0.29) is 23.7 Å². The second-order valence-corrected chi connectivity index (χ2v) is 11.4. The number of carbonyl (C=O) groups is 2. The number of carbonyl (C=O) groups excluding carboxylic acids is 2. The highest BCUT2D eigenvalue weighted by molar-refractivity contribution is 7.17. The van der Waals surface area contributed by atoms with E-state index in [1.54, 1.807) is 0 Å². The number of rotatable bonds is 5. The molecule has 0 saturated heterocycles. The molecular formula is C23H31N3O3S. The monoisotopic (exact) mass is 429 g/mol. The summed E-state index contributed by atoms with van der Waals surface area (Å²) in [4.78, 5) is 25.7. The van der Waals surface area contributed by atoms with Crippen LogP contribution in [0.25, 0.3) is 0 Å². The van der Waals surface area contributed by atoms with E-state index in [4.69, 9.17) is 4.74 Å². The predicted molar refractivity (Wildman–Crippen MR) is 116 cm³/mol. The molecular weight excluding hydrogens is 398 g/mol. The Balaban J connectivity index is 1.37. The summed E-state index contributed by atoms with van der Waals surface area (Å²) in [5, 5.41) is 16.7. The molecule has 2 aliphatic carbocycles. The highest BCUT2D eigenvalue weighted by Gasteiger charge is 2.41. The average molecular weight is 430 g/mol. The lowest BCUT2D eigenvalue weighted by Gasteiger charge is -2.42. The molecule has 0 unspecified atom stereocenters. The van der Waals surface area contributed by atoms with Gasteiger partial charge in [0.2, 0.25) is 0 Å². The van der Waals surface area contributed by atoms with Crippen LogP contribution in [0.4, 0.5) is 5.00 Å². The highest BCUT2D eigenvalue weighted by Crippen LogP contribution is 2.49. The zero-order chi connectivity index (χ0) is 21.7. The van der Waals surface area contributed by atoms with Crippen molar-refractivity contribution < 1.29 is 14.3 Å². The van der Waals surface area contributed by atoms with Crippen molar-refractivity contribution in [1.29, 1.82) is 5.26 Å². The molecule has 2 saturated carbocycles. The van der Waals surface area contributed by atoms with Gasteiger partial charge in [-0.1, -0.05) is 6.42 Å². The summed E-state index contributed by atoms with van der Waals surface area (Å²) in [6.07, 6.45) is 6.04. The summed E-state index contributed by atoms with van der Waals surface area (Å²) in [5.74, 6) is 1.19. The van der Waals surface area contributed by atoms with Gasteiger partial charge in [-0.05, 0) is 76.7 Å². The van der Waals surface area contributed by atoms with Crippen LogP contribution in [0.15, 0.2) is 0 Å². The zero-order valence-corrected chi connectivity index (χ0v) is 19.1. The molecule has 1 aromatic heterocycles. The fourth-order valence-electron chi connectivity index (χ4n) is 5.94. The van der Waals surface area contributed by atoms with Gasteiger partial charge in [-0.15, -0.1) is 11.3 Å². The van der Waals surface area contributed by atoms with Crippen molar-refractivity contribution in [3.05, 3.63) is 16.0 Å². The van der Waals surface area contributed by atoms with E-state index in [2.05, 4.69) is 44.4 Å². The van der Waals surface area contributed by atoms with Gasteiger partial charge in [0.15, 0.2) is 6.61 Å². The van der Waals surface area contributed by atoms with E-state index in [1.165, 1.54) is 30.6 Å². The molecule has 6 nitrogen and oxygen atoms in total. The number of amides is 1. The van der Waals surface area contributed by atoms with Gasteiger partial charge >= 0.3 is 5.97 Å². The van der Waals surface area contributed by atoms with Crippen LogP contribution in [0.3, 0.4) is 0 Å². The summed E-state index contributed by atoms with van der Waals surface area (Å²) in [5.41, 5.74) is 1.10. The van der Waals surface area contributed by atoms with Crippen molar-refractivity contribution in [2.24, 2.45) is 17.8 Å². The van der Waals surface area contributed by atoms with Crippen LogP contribution in [-0.4, -0.2) is 24.0 Å². The number of nitrogens with zero attached hydrogens (tertiary/aromatic N) is 1. The Hall–Kier alpha value is -1.91. The van der Waals surface area contributed by atoms with Crippen LogP contribution in [0.1, 0.15) is 75.8 Å². The fourth-order valence-corrected chi connectivity index (χ4v) is 7.19. The molecule has 3 atom stereocenters. The molecule has 30 heavy (non-hydrogen) atoms. The number of anilines is 1. The normalized spacial score (nSPS) is 27.9. The molecule has 0 radical (unpaired) electrons. The number of thiophene rings is 1. The summed E-state index contributed by atoms with van der Waals surface area (Å²) in [6, 6.07) is 2.27. The average Bonchev–Trinajstić information content (AvgIpc) is 3.33. The molecule has 1 aromatic rings. The Morgan fingerprint density at radius 1 is 1.27 bits per heavy atom. The Labute approximate surface area is 182 Å². The quantitative estimate of drug-likeness (QED) is 0.688. The van der Waals surface area contributed by atoms with Crippen LogP contribution < -0.4 is 10.6 Å². The minimum atomic E-state index is -0.392. The third-order valence-corrected chi connectivity index (χ3v) is 8.36. The number of nitrogens with one attached hydrogen (secondary N) is 2. The maximum Gasteiger partial charge on any atom is 0.306 e. The molecule has 2 fully saturated rings. The van der Waals surface area contributed by atoms with Gasteiger partial charge in [-0.3, -0.25) is 9.59 Å². The number of ether oxygens (including phenoxy) is 1. The zero-order valence-electron chi connectivity index (χ0n) is 18.3. The first-order chi connectivity index (χ1) is 14.1. The predicted octanol–water partition coefficient (Wildman–Crippen LogP) is 4.09. The van der Waals surface area contributed by atoms with Crippen molar-refractivity contribution in [1.82, 2.24) is 5.32 Å². The first-order valence-corrected chi connectivity index (χ1v) is 11.7. The molecule has 1 aliphatic heterocycles. The summed E-state index contributed by atoms with van der Waals surface area (Å²) in [6.45, 7) is 8.11. The molecule has 162 valence electrons. The molecule has 2 N–H and O–H groups in total. The van der Waals surface area contributed by atoms with Gasteiger partial charge in [-0.25, -0.2) is 0 Å². The topological polar surface area (TPSA) is 91.2 Å². The highest BCUT2D eigenvalue weighted by atomic mass is 32.1. The van der Waals surface area contributed by atoms with Gasteiger partial charge in [-0.2, -0.15) is 5.26 Å². The molecule has 3 aliphatic rings. The minimum Gasteiger partial charge on any atom is -0.456 e. The smallest absolute Gasteiger partial charge is 0.306 e. The van der Waals surface area contributed by atoms with Crippen molar-refractivity contribution in [3.63, 3.8) is 0 Å². The van der Waals surface area contributed by atoms with Crippen molar-refractivity contribution in [2.75, 3.05) is 11.9 Å². The van der Waals surface area contributed by atoms with E-state index in [0.29, 0.717) is 28.8 Å². The van der Waals surface area contributed by atoms with Crippen LogP contribution >= 0.6 is 11.3 Å². The lowest BCUT2D eigenvalue weighted by atomic mass is 9.81. The Kier molecular flexibility index (Phi) is 5.44. The van der Waals surface area contributed by atoms with E-state index in [9.17, 15) is 14.9 Å². The number of fused-ring (bicyclic) bond motifs is 3. The maximum atomic E-state index is 12.4. The minimum absolute atomic E-state index is 0.139. The van der Waals surface area contributed by atoms with E-state index in [0.717, 1.165) is 29.2 Å². The molecule has 7 heteroatoms. The van der Waals surface area contributed by atoms with Crippen LogP contribution in [0.5, 0.6) is 0 Å². The van der Waals surface area contributed by atoms with Crippen LogP contribution in [0, 0.1) is 29.1 Å². The summed E-state index contributed by atoms with van der Waals surface area (Å²) >= 11 is 1.43. The van der Waals surface area contributed by atoms with Crippen molar-refractivity contribution in [2.45, 2.75) is 77.3 Å². The molecule has 1 amide bonds. The number of esters is 1. The van der Waals surface area contributed by atoms with Crippen LogP contribution in [-0.2, 0) is 26.3 Å².